The third kappa shape index (κ3) is 137. The van der Waals surface area contributed by atoms with Crippen molar-refractivity contribution in [3.63, 3.8) is 0 Å². The predicted octanol–water partition coefficient (Wildman–Crippen LogP) is 0.877. The first kappa shape index (κ1) is 35.1. The summed E-state index contributed by atoms with van der Waals surface area (Å²) in [4.78, 5) is 60.1. The van der Waals surface area contributed by atoms with Crippen LogP contribution in [0.15, 0.2) is 12.4 Å². The van der Waals surface area contributed by atoms with Crippen molar-refractivity contribution in [3.05, 3.63) is 12.4 Å². The van der Waals surface area contributed by atoms with E-state index in [9.17, 15) is 16.8 Å². The van der Waals surface area contributed by atoms with Crippen molar-refractivity contribution in [1.82, 2.24) is 9.80 Å². The molecule has 1 aliphatic heterocycles. The van der Waals surface area contributed by atoms with E-state index >= 15 is 0 Å². The van der Waals surface area contributed by atoms with Gasteiger partial charge < -0.3 is 9.80 Å². The average molecular weight is 512 g/mol. The van der Waals surface area contributed by atoms with Gasteiger partial charge in [-0.05, 0) is 6.92 Å². The van der Waals surface area contributed by atoms with Crippen molar-refractivity contribution in [2.24, 2.45) is 0 Å². The summed E-state index contributed by atoms with van der Waals surface area (Å²) in [7, 11) is -18.5. The SMILES string of the molecule is CCN1C=CN(C)C1.O=P(O)(O)F.O=P(O)(O)F.O=P(O)(O)F.O=P(O)(O)F. The first-order chi connectivity index (χ1) is 11.8. The fourth-order valence-corrected chi connectivity index (χ4v) is 0.794. The van der Waals surface area contributed by atoms with Crippen LogP contribution in [0, 0.1) is 0 Å². The summed E-state index contributed by atoms with van der Waals surface area (Å²) in [6, 6.07) is 0. The highest BCUT2D eigenvalue weighted by Gasteiger charge is 2.06. The Morgan fingerprint density at radius 2 is 0.929 bits per heavy atom. The Kier molecular flexibility index (Phi) is 19.4. The van der Waals surface area contributed by atoms with Crippen LogP contribution in [0.5, 0.6) is 0 Å². The molecule has 0 fully saturated rings. The Morgan fingerprint density at radius 3 is 1.00 bits per heavy atom. The molecule has 0 saturated heterocycles. The van der Waals surface area contributed by atoms with Crippen molar-refractivity contribution < 1.29 is 74.2 Å². The van der Waals surface area contributed by atoms with Crippen LogP contribution >= 0.6 is 31.6 Å². The lowest BCUT2D eigenvalue weighted by Gasteiger charge is -2.14. The van der Waals surface area contributed by atoms with E-state index in [1.807, 2.05) is 0 Å². The van der Waals surface area contributed by atoms with Crippen LogP contribution in [-0.2, 0) is 18.3 Å². The quantitative estimate of drug-likeness (QED) is 0.180. The maximum Gasteiger partial charge on any atom is 0.507 e. The van der Waals surface area contributed by atoms with Gasteiger partial charge in [-0.15, -0.1) is 16.8 Å². The van der Waals surface area contributed by atoms with Gasteiger partial charge in [-0.1, -0.05) is 0 Å². The van der Waals surface area contributed by atoms with Crippen molar-refractivity contribution >= 4 is 31.6 Å². The molecule has 0 aromatic rings. The minimum absolute atomic E-state index is 1.05. The largest absolute Gasteiger partial charge is 0.507 e. The third-order valence-electron chi connectivity index (χ3n) is 1.34. The molecular formula is C6H20F4N2O12P4. The van der Waals surface area contributed by atoms with Gasteiger partial charge in [0.25, 0.3) is 0 Å². The zero-order chi connectivity index (χ0) is 24.0. The van der Waals surface area contributed by atoms with Crippen LogP contribution in [0.1, 0.15) is 6.92 Å². The van der Waals surface area contributed by atoms with Gasteiger partial charge in [0.1, 0.15) is 0 Å². The molecule has 8 N–H and O–H groups in total. The Balaban J connectivity index is -0.000000131. The minimum atomic E-state index is -5.14. The van der Waals surface area contributed by atoms with Gasteiger partial charge in [-0.25, -0.2) is 18.3 Å². The summed E-state index contributed by atoms with van der Waals surface area (Å²) in [5, 5.41) is 0. The molecule has 0 spiro atoms. The van der Waals surface area contributed by atoms with Crippen LogP contribution in [0.4, 0.5) is 16.8 Å². The highest BCUT2D eigenvalue weighted by molar-refractivity contribution is 7.46. The summed E-state index contributed by atoms with van der Waals surface area (Å²) >= 11 is 0. The molecule has 1 rings (SSSR count). The van der Waals surface area contributed by atoms with Gasteiger partial charge in [-0.3, -0.25) is 39.1 Å². The molecule has 14 nitrogen and oxygen atoms in total. The lowest BCUT2D eigenvalue weighted by Crippen LogP contribution is -2.21. The second-order valence-corrected chi connectivity index (χ2v) is 7.78. The number of halogens is 4. The maximum atomic E-state index is 10.4. The molecule has 0 aliphatic carbocycles. The fraction of sp³-hybridized carbons (Fsp3) is 0.667. The van der Waals surface area contributed by atoms with E-state index in [2.05, 4.69) is 36.2 Å². The Hall–Kier alpha value is -0.340. The first-order valence-electron chi connectivity index (χ1n) is 5.96. The van der Waals surface area contributed by atoms with E-state index in [1.165, 1.54) is 0 Å². The van der Waals surface area contributed by atoms with Gasteiger partial charge >= 0.3 is 31.6 Å². The van der Waals surface area contributed by atoms with Crippen LogP contribution in [0.3, 0.4) is 0 Å². The molecule has 0 unspecified atom stereocenters. The first-order valence-corrected chi connectivity index (χ1v) is 12.0. The Labute approximate surface area is 156 Å². The second-order valence-electron chi connectivity index (χ2n) is 3.99. The highest BCUT2D eigenvalue weighted by Crippen LogP contribution is 2.36. The molecule has 0 aromatic heterocycles. The number of hydrogen-bond acceptors (Lipinski definition) is 6. The molecule has 0 saturated carbocycles. The zero-order valence-corrected chi connectivity index (χ0v) is 17.6. The number of nitrogens with zero attached hydrogens (tertiary/aromatic N) is 2. The third-order valence-corrected chi connectivity index (χ3v) is 1.34. The van der Waals surface area contributed by atoms with E-state index in [-0.39, 0.29) is 0 Å². The Bertz CT molecular complexity index is 500. The molecule has 22 heteroatoms. The van der Waals surface area contributed by atoms with Crippen molar-refractivity contribution in [1.29, 1.82) is 0 Å². The monoisotopic (exact) mass is 512 g/mol. The standard InChI is InChI=1S/C6H12N2.4FH2O3P/c1-3-8-5-4-7(2)6-8;4*1-5(2,3)4/h4-5H,3,6H2,1-2H3;4*(H2,2,3,4). The van der Waals surface area contributed by atoms with Gasteiger partial charge in [0.15, 0.2) is 0 Å². The van der Waals surface area contributed by atoms with Gasteiger partial charge in [0, 0.05) is 26.0 Å². The molecule has 174 valence electrons. The molecule has 0 amide bonds. The van der Waals surface area contributed by atoms with E-state index in [4.69, 9.17) is 57.4 Å². The summed E-state index contributed by atoms with van der Waals surface area (Å²) in [6.45, 7) is 4.32. The highest BCUT2D eigenvalue weighted by atomic mass is 31.2. The van der Waals surface area contributed by atoms with Crippen molar-refractivity contribution in [2.45, 2.75) is 6.92 Å². The predicted molar refractivity (Wildman–Crippen MR) is 86.8 cm³/mol. The average Bonchev–Trinajstić information content (AvgIpc) is 2.65. The molecule has 28 heavy (non-hydrogen) atoms. The van der Waals surface area contributed by atoms with Crippen LogP contribution < -0.4 is 0 Å². The maximum absolute atomic E-state index is 10.4. The van der Waals surface area contributed by atoms with Gasteiger partial charge in [0.2, 0.25) is 0 Å². The van der Waals surface area contributed by atoms with Crippen molar-refractivity contribution in [3.8, 4) is 0 Å². The van der Waals surface area contributed by atoms with Crippen LogP contribution in [0.25, 0.3) is 0 Å². The fourth-order valence-electron chi connectivity index (χ4n) is 0.794. The molecule has 1 aliphatic rings. The molecule has 0 atom stereocenters. The normalized spacial score (nSPS) is 13.6. The Morgan fingerprint density at radius 1 is 0.714 bits per heavy atom. The molecular weight excluding hydrogens is 492 g/mol. The van der Waals surface area contributed by atoms with E-state index < -0.39 is 31.6 Å². The number of rotatable bonds is 1. The summed E-state index contributed by atoms with van der Waals surface area (Å²) < 4.78 is 76.1. The lowest BCUT2D eigenvalue weighted by atomic mass is 10.6. The van der Waals surface area contributed by atoms with E-state index in [0.717, 1.165) is 13.2 Å². The molecule has 0 bridgehead atoms. The summed E-state index contributed by atoms with van der Waals surface area (Å²) in [6.07, 6.45) is 4.20. The second kappa shape index (κ2) is 15.5. The van der Waals surface area contributed by atoms with Gasteiger partial charge in [-0.2, -0.15) is 0 Å². The minimum Gasteiger partial charge on any atom is -0.362 e. The summed E-state index contributed by atoms with van der Waals surface area (Å²) in [5.41, 5.74) is 0. The van der Waals surface area contributed by atoms with E-state index in [0.29, 0.717) is 0 Å². The topological polar surface area (TPSA) is 237 Å². The van der Waals surface area contributed by atoms with Crippen LogP contribution in [0.2, 0.25) is 0 Å². The van der Waals surface area contributed by atoms with Crippen LogP contribution in [-0.4, -0.2) is 69.2 Å². The lowest BCUT2D eigenvalue weighted by molar-refractivity contribution is 0.308. The van der Waals surface area contributed by atoms with Crippen molar-refractivity contribution in [2.75, 3.05) is 20.3 Å². The summed E-state index contributed by atoms with van der Waals surface area (Å²) in [5.74, 6) is 0. The van der Waals surface area contributed by atoms with Gasteiger partial charge in [0.05, 0.1) is 6.67 Å². The molecule has 0 radical (unpaired) electrons. The molecule has 0 aromatic carbocycles. The zero-order valence-electron chi connectivity index (χ0n) is 14.0. The van der Waals surface area contributed by atoms with E-state index in [1.54, 1.807) is 0 Å². The smallest absolute Gasteiger partial charge is 0.362 e. The number of hydrogen-bond donors (Lipinski definition) is 8. The molecule has 1 heterocycles.